The molecule has 178 valence electrons. The van der Waals surface area contributed by atoms with Crippen molar-refractivity contribution in [2.24, 2.45) is 10.1 Å². The summed E-state index contributed by atoms with van der Waals surface area (Å²) < 4.78 is 4.64. The molecule has 0 saturated carbocycles. The van der Waals surface area contributed by atoms with Crippen molar-refractivity contribution in [3.05, 3.63) is 122 Å². The number of para-hydroxylation sites is 2. The summed E-state index contributed by atoms with van der Waals surface area (Å²) in [4.78, 5) is 20.4. The highest BCUT2D eigenvalue weighted by atomic mass is 79.9. The highest BCUT2D eigenvalue weighted by Crippen LogP contribution is 2.27. The van der Waals surface area contributed by atoms with E-state index in [0.29, 0.717) is 4.80 Å². The summed E-state index contributed by atoms with van der Waals surface area (Å²) >= 11 is 4.85. The monoisotopic (exact) mass is 558 g/mol. The van der Waals surface area contributed by atoms with Crippen molar-refractivity contribution in [3.63, 3.8) is 0 Å². The lowest BCUT2D eigenvalue weighted by molar-refractivity contribution is -0.384. The largest absolute Gasteiger partial charge is 0.306 e. The Morgan fingerprint density at radius 1 is 1.06 bits per heavy atom. The van der Waals surface area contributed by atoms with E-state index in [2.05, 4.69) is 25.9 Å². The van der Waals surface area contributed by atoms with Gasteiger partial charge in [0.2, 0.25) is 4.80 Å². The second kappa shape index (κ2) is 10.2. The number of hydrogen-bond acceptors (Lipinski definition) is 6. The first-order valence-corrected chi connectivity index (χ1v) is 12.6. The molecule has 0 aliphatic rings. The smallest absolute Gasteiger partial charge is 0.294 e. The first-order valence-electron chi connectivity index (χ1n) is 10.9. The van der Waals surface area contributed by atoms with Crippen LogP contribution in [0.15, 0.2) is 111 Å². The Morgan fingerprint density at radius 3 is 2.50 bits per heavy atom. The van der Waals surface area contributed by atoms with E-state index in [1.54, 1.807) is 35.4 Å². The van der Waals surface area contributed by atoms with E-state index in [1.807, 2.05) is 71.6 Å². The number of imidazole rings is 1. The fourth-order valence-corrected chi connectivity index (χ4v) is 4.71. The zero-order valence-electron chi connectivity index (χ0n) is 19.0. The quantitative estimate of drug-likeness (QED) is 0.134. The molecule has 0 saturated heterocycles. The van der Waals surface area contributed by atoms with Gasteiger partial charge in [-0.2, -0.15) is 5.10 Å². The van der Waals surface area contributed by atoms with Gasteiger partial charge in [0, 0.05) is 39.6 Å². The molecule has 3 aromatic carbocycles. The van der Waals surface area contributed by atoms with Crippen LogP contribution in [0.25, 0.3) is 16.9 Å². The van der Waals surface area contributed by atoms with Crippen LogP contribution < -0.4 is 4.80 Å². The molecule has 10 heteroatoms. The molecule has 8 nitrogen and oxygen atoms in total. The van der Waals surface area contributed by atoms with Gasteiger partial charge in [-0.05, 0) is 42.8 Å². The Balaban J connectivity index is 1.63. The van der Waals surface area contributed by atoms with E-state index in [1.165, 1.54) is 17.4 Å². The molecule has 0 bridgehead atoms. The molecule has 0 aliphatic heterocycles. The van der Waals surface area contributed by atoms with Crippen molar-refractivity contribution in [2.75, 3.05) is 0 Å². The fourth-order valence-electron chi connectivity index (χ4n) is 3.60. The van der Waals surface area contributed by atoms with Crippen LogP contribution in [0.4, 0.5) is 11.4 Å². The maximum Gasteiger partial charge on any atom is 0.294 e. The first kappa shape index (κ1) is 23.6. The summed E-state index contributed by atoms with van der Waals surface area (Å²) in [6.45, 7) is 1.93. The second-order valence-corrected chi connectivity index (χ2v) is 9.53. The lowest BCUT2D eigenvalue weighted by Crippen LogP contribution is -2.14. The molecular formula is C26H19BrN6O2S. The zero-order chi connectivity index (χ0) is 25.1. The van der Waals surface area contributed by atoms with Crippen LogP contribution in [-0.2, 0) is 0 Å². The fraction of sp³-hybridized carbons (Fsp3) is 0.0385. The van der Waals surface area contributed by atoms with Crippen LogP contribution in [0.2, 0.25) is 0 Å². The molecule has 2 aromatic heterocycles. The predicted molar refractivity (Wildman–Crippen MR) is 145 cm³/mol. The molecule has 0 spiro atoms. The Kier molecular flexibility index (Phi) is 6.70. The highest BCUT2D eigenvalue weighted by Gasteiger charge is 2.14. The normalized spacial score (nSPS) is 12.2. The van der Waals surface area contributed by atoms with Crippen LogP contribution in [0.1, 0.15) is 12.5 Å². The third-order valence-electron chi connectivity index (χ3n) is 5.46. The van der Waals surface area contributed by atoms with Gasteiger partial charge in [-0.15, -0.1) is 11.3 Å². The second-order valence-electron chi connectivity index (χ2n) is 7.78. The maximum atomic E-state index is 11.5. The van der Waals surface area contributed by atoms with Crippen molar-refractivity contribution >= 4 is 44.4 Å². The SMILES string of the molecule is CC(=Nn1c(-c2ccc(Br)cc2)csc1=Nc1ccccc1[N+](=O)[O-])c1ccc(-n2ccnc2)cc1. The topological polar surface area (TPSA) is 90.6 Å². The van der Waals surface area contributed by atoms with Crippen LogP contribution in [0, 0.1) is 10.1 Å². The zero-order valence-corrected chi connectivity index (χ0v) is 21.4. The minimum absolute atomic E-state index is 0.0570. The van der Waals surface area contributed by atoms with Crippen molar-refractivity contribution in [1.82, 2.24) is 14.2 Å². The Labute approximate surface area is 218 Å². The molecule has 0 radical (unpaired) electrons. The molecule has 36 heavy (non-hydrogen) atoms. The summed E-state index contributed by atoms with van der Waals surface area (Å²) in [6, 6.07) is 22.3. The summed E-state index contributed by atoms with van der Waals surface area (Å²) in [5.74, 6) is 0. The number of thiazole rings is 1. The molecular weight excluding hydrogens is 540 g/mol. The Hall–Kier alpha value is -4.15. The molecule has 5 rings (SSSR count). The maximum absolute atomic E-state index is 11.5. The number of hydrogen-bond donors (Lipinski definition) is 0. The van der Waals surface area contributed by atoms with E-state index in [9.17, 15) is 10.1 Å². The van der Waals surface area contributed by atoms with Gasteiger partial charge in [-0.1, -0.05) is 52.3 Å². The molecule has 0 fully saturated rings. The predicted octanol–water partition coefficient (Wildman–Crippen LogP) is 6.58. The van der Waals surface area contributed by atoms with Gasteiger partial charge in [-0.25, -0.2) is 14.7 Å². The van der Waals surface area contributed by atoms with Crippen molar-refractivity contribution in [2.45, 2.75) is 6.92 Å². The Bertz CT molecular complexity index is 1620. The number of benzene rings is 3. The molecule has 0 N–H and O–H groups in total. The van der Waals surface area contributed by atoms with Gasteiger partial charge in [0.15, 0.2) is 0 Å². The van der Waals surface area contributed by atoms with Gasteiger partial charge in [0.1, 0.15) is 5.69 Å². The number of halogens is 1. The van der Waals surface area contributed by atoms with Crippen molar-refractivity contribution < 1.29 is 4.92 Å². The molecule has 0 atom stereocenters. The van der Waals surface area contributed by atoms with Crippen LogP contribution >= 0.6 is 27.3 Å². The lowest BCUT2D eigenvalue weighted by Gasteiger charge is -2.08. The average molecular weight is 559 g/mol. The van der Waals surface area contributed by atoms with Gasteiger partial charge in [-0.3, -0.25) is 10.1 Å². The van der Waals surface area contributed by atoms with Gasteiger partial charge >= 0.3 is 0 Å². The molecule has 0 amide bonds. The van der Waals surface area contributed by atoms with E-state index in [4.69, 9.17) is 5.10 Å². The van der Waals surface area contributed by atoms with Crippen LogP contribution in [0.3, 0.4) is 0 Å². The van der Waals surface area contributed by atoms with E-state index >= 15 is 0 Å². The standard InChI is InChI=1S/C26H19BrN6O2S/c1-18(19-8-12-22(13-9-19)31-15-14-28-17-31)30-32-25(20-6-10-21(27)11-7-20)16-36-26(32)29-23-4-2-3-5-24(23)33(34)35/h2-17H,1H3. The van der Waals surface area contributed by atoms with E-state index < -0.39 is 4.92 Å². The minimum atomic E-state index is -0.428. The van der Waals surface area contributed by atoms with Crippen LogP contribution in [-0.4, -0.2) is 24.9 Å². The summed E-state index contributed by atoms with van der Waals surface area (Å²) in [6.07, 6.45) is 5.37. The molecule has 5 aromatic rings. The third-order valence-corrected chi connectivity index (χ3v) is 6.80. The Morgan fingerprint density at radius 2 is 1.81 bits per heavy atom. The van der Waals surface area contributed by atoms with Gasteiger partial charge in [0.05, 0.1) is 22.7 Å². The number of nitro groups is 1. The van der Waals surface area contributed by atoms with E-state index in [0.717, 1.165) is 32.7 Å². The molecule has 0 aliphatic carbocycles. The minimum Gasteiger partial charge on any atom is -0.306 e. The van der Waals surface area contributed by atoms with Gasteiger partial charge < -0.3 is 4.57 Å². The van der Waals surface area contributed by atoms with Gasteiger partial charge in [0.25, 0.3) is 5.69 Å². The summed E-state index contributed by atoms with van der Waals surface area (Å²) in [7, 11) is 0. The number of nitro benzene ring substituents is 1. The van der Waals surface area contributed by atoms with Crippen molar-refractivity contribution in [3.8, 4) is 16.9 Å². The summed E-state index contributed by atoms with van der Waals surface area (Å²) in [5, 5.41) is 18.4. The summed E-state index contributed by atoms with van der Waals surface area (Å²) in [5.41, 5.74) is 4.71. The van der Waals surface area contributed by atoms with Crippen LogP contribution in [0.5, 0.6) is 0 Å². The number of rotatable bonds is 6. The molecule has 0 unspecified atom stereocenters. The molecule has 2 heterocycles. The third kappa shape index (κ3) is 4.95. The van der Waals surface area contributed by atoms with Crippen molar-refractivity contribution in [1.29, 1.82) is 0 Å². The number of aromatic nitrogens is 3. The lowest BCUT2D eigenvalue weighted by atomic mass is 10.1. The first-order chi connectivity index (χ1) is 17.5. The highest BCUT2D eigenvalue weighted by molar-refractivity contribution is 9.10. The number of nitrogens with zero attached hydrogens (tertiary/aromatic N) is 6. The van der Waals surface area contributed by atoms with E-state index in [-0.39, 0.29) is 11.4 Å². The average Bonchev–Trinajstić information content (AvgIpc) is 3.56.